The number of carbonyl (C=O) groups excluding carboxylic acids is 1. The van der Waals surface area contributed by atoms with Gasteiger partial charge in [0.1, 0.15) is 5.75 Å². The molecule has 0 saturated carbocycles. The van der Waals surface area contributed by atoms with Gasteiger partial charge in [-0.1, -0.05) is 48.0 Å². The summed E-state index contributed by atoms with van der Waals surface area (Å²) in [6, 6.07) is 16.5. The molecule has 0 bridgehead atoms. The number of rotatable bonds is 6. The predicted octanol–water partition coefficient (Wildman–Crippen LogP) is 4.09. The summed E-state index contributed by atoms with van der Waals surface area (Å²) < 4.78 is 5.41. The molecule has 0 aromatic heterocycles. The number of ether oxygens (including phenoxy) is 1. The van der Waals surface area contributed by atoms with E-state index in [0.29, 0.717) is 0 Å². The van der Waals surface area contributed by atoms with Crippen molar-refractivity contribution in [1.29, 1.82) is 0 Å². The molecule has 1 fully saturated rings. The Labute approximate surface area is 162 Å². The predicted molar refractivity (Wildman–Crippen MR) is 109 cm³/mol. The maximum Gasteiger partial charge on any atom is 0.223 e. The number of benzene rings is 2. The van der Waals surface area contributed by atoms with Crippen molar-refractivity contribution in [2.75, 3.05) is 20.2 Å². The van der Waals surface area contributed by atoms with Crippen molar-refractivity contribution in [3.05, 3.63) is 65.2 Å². The molecule has 0 aliphatic carbocycles. The molecule has 0 radical (unpaired) electrons. The lowest BCUT2D eigenvalue weighted by atomic mass is 9.94. The topological polar surface area (TPSA) is 41.6 Å². The van der Waals surface area contributed by atoms with Gasteiger partial charge in [-0.05, 0) is 51.4 Å². The number of methoxy groups -OCH3 is 1. The van der Waals surface area contributed by atoms with Gasteiger partial charge in [0.05, 0.1) is 13.2 Å². The average Bonchev–Trinajstić information content (AvgIpc) is 2.70. The molecule has 1 aliphatic rings. The van der Waals surface area contributed by atoms with E-state index in [2.05, 4.69) is 41.4 Å². The van der Waals surface area contributed by atoms with Gasteiger partial charge in [0.25, 0.3) is 0 Å². The van der Waals surface area contributed by atoms with E-state index in [1.165, 1.54) is 11.1 Å². The van der Waals surface area contributed by atoms with Crippen molar-refractivity contribution in [1.82, 2.24) is 10.2 Å². The third kappa shape index (κ3) is 5.10. The smallest absolute Gasteiger partial charge is 0.223 e. The van der Waals surface area contributed by atoms with Gasteiger partial charge in [0, 0.05) is 18.0 Å². The van der Waals surface area contributed by atoms with Crippen molar-refractivity contribution in [3.63, 3.8) is 0 Å². The monoisotopic (exact) mass is 366 g/mol. The third-order valence-electron chi connectivity index (χ3n) is 5.45. The standard InChI is InChI=1S/C23H30N2O2/c1-17-8-10-19(11-9-17)16-25-14-12-20(13-15-25)23(26)24-18(2)21-6-4-5-7-22(21)27-3/h4-11,18,20H,12-16H2,1-3H3,(H,24,26)/t18-/m0/s1. The Kier molecular flexibility index (Phi) is 6.51. The highest BCUT2D eigenvalue weighted by molar-refractivity contribution is 5.79. The summed E-state index contributed by atoms with van der Waals surface area (Å²) in [6.07, 6.45) is 1.83. The quantitative estimate of drug-likeness (QED) is 0.837. The normalized spacial score (nSPS) is 16.7. The van der Waals surface area contributed by atoms with Crippen LogP contribution < -0.4 is 10.1 Å². The third-order valence-corrected chi connectivity index (χ3v) is 5.45. The first-order valence-electron chi connectivity index (χ1n) is 9.78. The fraction of sp³-hybridized carbons (Fsp3) is 0.435. The van der Waals surface area contributed by atoms with Crippen LogP contribution in [0.25, 0.3) is 0 Å². The van der Waals surface area contributed by atoms with Crippen LogP contribution in [-0.2, 0) is 11.3 Å². The minimum absolute atomic E-state index is 0.0563. The maximum atomic E-state index is 12.7. The van der Waals surface area contributed by atoms with Crippen molar-refractivity contribution >= 4 is 5.91 Å². The molecule has 4 nitrogen and oxygen atoms in total. The molecule has 2 aromatic rings. The lowest BCUT2D eigenvalue weighted by Gasteiger charge is -2.32. The number of nitrogens with zero attached hydrogens (tertiary/aromatic N) is 1. The largest absolute Gasteiger partial charge is 0.496 e. The number of aryl methyl sites for hydroxylation is 1. The SMILES string of the molecule is COc1ccccc1[C@H](C)NC(=O)C1CCN(Cc2ccc(C)cc2)CC1. The number of para-hydroxylation sites is 1. The van der Waals surface area contributed by atoms with Gasteiger partial charge in [0.2, 0.25) is 5.91 Å². The summed E-state index contributed by atoms with van der Waals surface area (Å²) in [4.78, 5) is 15.2. The summed E-state index contributed by atoms with van der Waals surface area (Å²) in [7, 11) is 1.66. The summed E-state index contributed by atoms with van der Waals surface area (Å²) >= 11 is 0. The number of amides is 1. The van der Waals surface area contributed by atoms with E-state index in [1.54, 1.807) is 7.11 Å². The summed E-state index contributed by atoms with van der Waals surface area (Å²) in [5.74, 6) is 1.07. The molecule has 2 aromatic carbocycles. The number of piperidine rings is 1. The van der Waals surface area contributed by atoms with Gasteiger partial charge >= 0.3 is 0 Å². The minimum atomic E-state index is -0.0563. The van der Waals surface area contributed by atoms with Crippen molar-refractivity contribution in [2.45, 2.75) is 39.3 Å². The fourth-order valence-electron chi connectivity index (χ4n) is 3.74. The van der Waals surface area contributed by atoms with Crippen LogP contribution >= 0.6 is 0 Å². The van der Waals surface area contributed by atoms with Crippen molar-refractivity contribution in [3.8, 4) is 5.75 Å². The van der Waals surface area contributed by atoms with Crippen LogP contribution in [0.2, 0.25) is 0 Å². The fourth-order valence-corrected chi connectivity index (χ4v) is 3.74. The summed E-state index contributed by atoms with van der Waals surface area (Å²) in [5, 5.41) is 3.17. The van der Waals surface area contributed by atoms with Crippen LogP contribution in [0.4, 0.5) is 0 Å². The summed E-state index contributed by atoms with van der Waals surface area (Å²) in [5.41, 5.74) is 3.65. The van der Waals surface area contributed by atoms with E-state index in [4.69, 9.17) is 4.74 Å². The van der Waals surface area contributed by atoms with E-state index < -0.39 is 0 Å². The zero-order chi connectivity index (χ0) is 19.2. The second-order valence-electron chi connectivity index (χ2n) is 7.51. The molecule has 1 N–H and O–H groups in total. The lowest BCUT2D eigenvalue weighted by molar-refractivity contribution is -0.127. The number of carbonyl (C=O) groups is 1. The second kappa shape index (κ2) is 9.05. The molecular weight excluding hydrogens is 336 g/mol. The number of likely N-dealkylation sites (tertiary alicyclic amines) is 1. The first kappa shape index (κ1) is 19.4. The van der Waals surface area contributed by atoms with Gasteiger partial charge in [-0.25, -0.2) is 0 Å². The molecular formula is C23H30N2O2. The molecule has 0 spiro atoms. The van der Waals surface area contributed by atoms with Crippen LogP contribution in [-0.4, -0.2) is 31.0 Å². The van der Waals surface area contributed by atoms with Gasteiger partial charge in [0.15, 0.2) is 0 Å². The first-order chi connectivity index (χ1) is 13.1. The van der Waals surface area contributed by atoms with E-state index in [0.717, 1.165) is 43.8 Å². The van der Waals surface area contributed by atoms with Gasteiger partial charge in [-0.3, -0.25) is 9.69 Å². The van der Waals surface area contributed by atoms with Crippen LogP contribution in [0.5, 0.6) is 5.75 Å². The number of nitrogens with one attached hydrogen (secondary N) is 1. The second-order valence-corrected chi connectivity index (χ2v) is 7.51. The maximum absolute atomic E-state index is 12.7. The zero-order valence-corrected chi connectivity index (χ0v) is 16.6. The highest BCUT2D eigenvalue weighted by atomic mass is 16.5. The van der Waals surface area contributed by atoms with Crippen molar-refractivity contribution in [2.24, 2.45) is 5.92 Å². The van der Waals surface area contributed by atoms with Crippen LogP contribution in [0.1, 0.15) is 42.5 Å². The van der Waals surface area contributed by atoms with E-state index in [9.17, 15) is 4.79 Å². The van der Waals surface area contributed by atoms with Crippen LogP contribution in [0.3, 0.4) is 0 Å². The van der Waals surface area contributed by atoms with E-state index >= 15 is 0 Å². The number of hydrogen-bond acceptors (Lipinski definition) is 3. The average molecular weight is 367 g/mol. The Morgan fingerprint density at radius 3 is 2.48 bits per heavy atom. The summed E-state index contributed by atoms with van der Waals surface area (Å²) in [6.45, 7) is 7.03. The molecule has 27 heavy (non-hydrogen) atoms. The van der Waals surface area contributed by atoms with Gasteiger partial charge in [-0.15, -0.1) is 0 Å². The van der Waals surface area contributed by atoms with Gasteiger partial charge < -0.3 is 10.1 Å². The highest BCUT2D eigenvalue weighted by Crippen LogP contribution is 2.26. The molecule has 3 rings (SSSR count). The Bertz CT molecular complexity index is 749. The molecule has 1 aliphatic heterocycles. The Morgan fingerprint density at radius 2 is 1.81 bits per heavy atom. The molecule has 1 heterocycles. The molecule has 1 atom stereocenters. The number of hydrogen-bond donors (Lipinski definition) is 1. The van der Waals surface area contributed by atoms with Crippen LogP contribution in [0, 0.1) is 12.8 Å². The minimum Gasteiger partial charge on any atom is -0.496 e. The van der Waals surface area contributed by atoms with E-state index in [1.807, 2.05) is 31.2 Å². The first-order valence-corrected chi connectivity index (χ1v) is 9.78. The molecule has 4 heteroatoms. The van der Waals surface area contributed by atoms with Gasteiger partial charge in [-0.2, -0.15) is 0 Å². The molecule has 1 saturated heterocycles. The highest BCUT2D eigenvalue weighted by Gasteiger charge is 2.26. The van der Waals surface area contributed by atoms with E-state index in [-0.39, 0.29) is 17.9 Å². The Morgan fingerprint density at radius 1 is 1.15 bits per heavy atom. The molecule has 144 valence electrons. The molecule has 0 unspecified atom stereocenters. The Hall–Kier alpha value is -2.33. The Balaban J connectivity index is 1.50. The lowest BCUT2D eigenvalue weighted by Crippen LogP contribution is -2.40. The molecule has 1 amide bonds. The van der Waals surface area contributed by atoms with Crippen molar-refractivity contribution < 1.29 is 9.53 Å². The van der Waals surface area contributed by atoms with Crippen LogP contribution in [0.15, 0.2) is 48.5 Å². The zero-order valence-electron chi connectivity index (χ0n) is 16.6.